The number of carbonyl (C=O) groups is 2. The smallest absolute Gasteiger partial charge is 0.320 e. The van der Waals surface area contributed by atoms with Gasteiger partial charge in [-0.15, -0.1) is 0 Å². The van der Waals surface area contributed by atoms with Crippen molar-refractivity contribution >= 4 is 11.9 Å². The van der Waals surface area contributed by atoms with Crippen molar-refractivity contribution in [2.75, 3.05) is 39.3 Å². The van der Waals surface area contributed by atoms with Crippen LogP contribution in [0.2, 0.25) is 0 Å². The number of nitrogens with zero attached hydrogens (tertiary/aromatic N) is 4. The van der Waals surface area contributed by atoms with E-state index in [-0.39, 0.29) is 24.5 Å². The second-order valence-corrected chi connectivity index (χ2v) is 8.14. The summed E-state index contributed by atoms with van der Waals surface area (Å²) >= 11 is 0. The summed E-state index contributed by atoms with van der Waals surface area (Å²) in [6.07, 6.45) is 3.22. The first-order valence-electron chi connectivity index (χ1n) is 10.2. The van der Waals surface area contributed by atoms with Gasteiger partial charge < -0.3 is 14.7 Å². The first-order chi connectivity index (χ1) is 13.1. The summed E-state index contributed by atoms with van der Waals surface area (Å²) in [7, 11) is 0. The summed E-state index contributed by atoms with van der Waals surface area (Å²) in [6.45, 7) is 7.40. The summed E-state index contributed by atoms with van der Waals surface area (Å²) < 4.78 is 0. The molecule has 1 saturated carbocycles. The van der Waals surface area contributed by atoms with E-state index < -0.39 is 0 Å². The van der Waals surface area contributed by atoms with Gasteiger partial charge >= 0.3 is 6.03 Å². The van der Waals surface area contributed by atoms with Gasteiger partial charge in [-0.3, -0.25) is 9.69 Å². The highest BCUT2D eigenvalue weighted by atomic mass is 16.2. The van der Waals surface area contributed by atoms with Crippen LogP contribution in [0, 0.1) is 0 Å². The third-order valence-electron chi connectivity index (χ3n) is 5.94. The fraction of sp³-hybridized carbons (Fsp3) is 0.619. The lowest BCUT2D eigenvalue weighted by atomic mass is 10.2. The number of hydrogen-bond acceptors (Lipinski definition) is 3. The van der Waals surface area contributed by atoms with Crippen LogP contribution in [-0.2, 0) is 11.3 Å². The van der Waals surface area contributed by atoms with Gasteiger partial charge in [0.25, 0.3) is 0 Å². The Morgan fingerprint density at radius 1 is 1.07 bits per heavy atom. The second kappa shape index (κ2) is 7.89. The first kappa shape index (κ1) is 18.3. The molecule has 146 valence electrons. The topological polar surface area (TPSA) is 47.1 Å². The van der Waals surface area contributed by atoms with E-state index in [2.05, 4.69) is 36.1 Å². The summed E-state index contributed by atoms with van der Waals surface area (Å²) in [5.74, 6) is 0.0926. The van der Waals surface area contributed by atoms with E-state index in [4.69, 9.17) is 0 Å². The van der Waals surface area contributed by atoms with Crippen LogP contribution in [0.1, 0.15) is 31.7 Å². The monoisotopic (exact) mass is 370 g/mol. The van der Waals surface area contributed by atoms with Gasteiger partial charge in [0.15, 0.2) is 0 Å². The Morgan fingerprint density at radius 3 is 2.59 bits per heavy atom. The zero-order valence-electron chi connectivity index (χ0n) is 16.2. The Kier molecular flexibility index (Phi) is 5.34. The Hall–Kier alpha value is -2.08. The van der Waals surface area contributed by atoms with Crippen molar-refractivity contribution in [1.82, 2.24) is 19.6 Å². The molecule has 27 heavy (non-hydrogen) atoms. The lowest BCUT2D eigenvalue weighted by molar-refractivity contribution is -0.133. The molecule has 1 aromatic carbocycles. The highest BCUT2D eigenvalue weighted by Crippen LogP contribution is 2.29. The largest absolute Gasteiger partial charge is 0.337 e. The molecule has 0 radical (unpaired) electrons. The maximum atomic E-state index is 12.9. The second-order valence-electron chi connectivity index (χ2n) is 8.14. The van der Waals surface area contributed by atoms with Gasteiger partial charge in [0, 0.05) is 51.4 Å². The number of urea groups is 1. The molecular weight excluding hydrogens is 340 g/mol. The van der Waals surface area contributed by atoms with Crippen LogP contribution in [0.25, 0.3) is 0 Å². The van der Waals surface area contributed by atoms with Gasteiger partial charge in [0.2, 0.25) is 5.91 Å². The molecule has 1 unspecified atom stereocenters. The Morgan fingerprint density at radius 2 is 1.85 bits per heavy atom. The summed E-state index contributed by atoms with van der Waals surface area (Å²) in [4.78, 5) is 33.5. The number of hydrogen-bond donors (Lipinski definition) is 0. The number of rotatable bonds is 5. The normalized spacial score (nSPS) is 24.4. The SMILES string of the molecule is CC1CN(Cc2ccccc2)CCCN1C(=O)CN1CCN(C2CC2)C1=O. The standard InChI is InChI=1S/C21H30N4O2/c1-17-14-22(15-18-6-3-2-4-7-18)10-5-11-24(17)20(26)16-23-12-13-25(21(23)27)19-8-9-19/h2-4,6-7,17,19H,5,8-16H2,1H3. The molecule has 0 spiro atoms. The molecule has 3 fully saturated rings. The maximum Gasteiger partial charge on any atom is 0.320 e. The van der Waals surface area contributed by atoms with Crippen molar-refractivity contribution in [2.24, 2.45) is 0 Å². The van der Waals surface area contributed by atoms with Crippen LogP contribution in [0.5, 0.6) is 0 Å². The van der Waals surface area contributed by atoms with E-state index in [1.165, 1.54) is 5.56 Å². The number of carbonyl (C=O) groups excluding carboxylic acids is 2. The molecule has 3 amide bonds. The van der Waals surface area contributed by atoms with E-state index in [9.17, 15) is 9.59 Å². The minimum atomic E-state index is 0.0547. The molecule has 6 heteroatoms. The number of amides is 3. The fourth-order valence-electron chi connectivity index (χ4n) is 4.33. The van der Waals surface area contributed by atoms with E-state index in [0.717, 1.165) is 52.0 Å². The Bertz CT molecular complexity index is 676. The zero-order valence-corrected chi connectivity index (χ0v) is 16.2. The van der Waals surface area contributed by atoms with Gasteiger partial charge in [0.05, 0.1) is 0 Å². The average Bonchev–Trinajstić information content (AvgIpc) is 3.45. The van der Waals surface area contributed by atoms with Crippen molar-refractivity contribution in [3.8, 4) is 0 Å². The Labute approximate surface area is 161 Å². The van der Waals surface area contributed by atoms with Crippen LogP contribution >= 0.6 is 0 Å². The van der Waals surface area contributed by atoms with Crippen molar-refractivity contribution in [2.45, 2.75) is 44.8 Å². The zero-order chi connectivity index (χ0) is 18.8. The fourth-order valence-corrected chi connectivity index (χ4v) is 4.33. The number of benzene rings is 1. The van der Waals surface area contributed by atoms with Crippen LogP contribution in [-0.4, -0.2) is 82.9 Å². The summed E-state index contributed by atoms with van der Waals surface area (Å²) in [5.41, 5.74) is 1.31. The van der Waals surface area contributed by atoms with Crippen LogP contribution in [0.15, 0.2) is 30.3 Å². The molecule has 2 saturated heterocycles. The van der Waals surface area contributed by atoms with Gasteiger partial charge in [-0.2, -0.15) is 0 Å². The van der Waals surface area contributed by atoms with Crippen molar-refractivity contribution in [3.05, 3.63) is 35.9 Å². The molecule has 2 aliphatic heterocycles. The molecule has 2 heterocycles. The lowest BCUT2D eigenvalue weighted by Gasteiger charge is -2.30. The minimum Gasteiger partial charge on any atom is -0.337 e. The maximum absolute atomic E-state index is 12.9. The summed E-state index contributed by atoms with van der Waals surface area (Å²) in [6, 6.07) is 11.2. The van der Waals surface area contributed by atoms with Gasteiger partial charge in [-0.25, -0.2) is 4.79 Å². The van der Waals surface area contributed by atoms with E-state index in [0.29, 0.717) is 12.6 Å². The van der Waals surface area contributed by atoms with Crippen LogP contribution in [0.3, 0.4) is 0 Å². The Balaban J connectivity index is 1.32. The summed E-state index contributed by atoms with van der Waals surface area (Å²) in [5, 5.41) is 0. The van der Waals surface area contributed by atoms with Crippen molar-refractivity contribution in [3.63, 3.8) is 0 Å². The first-order valence-corrected chi connectivity index (χ1v) is 10.2. The van der Waals surface area contributed by atoms with E-state index in [1.807, 2.05) is 15.9 Å². The predicted octanol–water partition coefficient (Wildman–Crippen LogP) is 2.01. The van der Waals surface area contributed by atoms with Crippen molar-refractivity contribution < 1.29 is 9.59 Å². The van der Waals surface area contributed by atoms with Crippen LogP contribution < -0.4 is 0 Å². The average molecular weight is 370 g/mol. The molecule has 0 N–H and O–H groups in total. The highest BCUT2D eigenvalue weighted by Gasteiger charge is 2.40. The van der Waals surface area contributed by atoms with Gasteiger partial charge in [-0.05, 0) is 31.7 Å². The molecule has 1 aromatic rings. The van der Waals surface area contributed by atoms with Gasteiger partial charge in [0.1, 0.15) is 6.54 Å². The minimum absolute atomic E-state index is 0.0547. The molecule has 3 aliphatic rings. The van der Waals surface area contributed by atoms with Gasteiger partial charge in [-0.1, -0.05) is 30.3 Å². The van der Waals surface area contributed by atoms with Crippen LogP contribution in [0.4, 0.5) is 4.79 Å². The molecule has 0 bridgehead atoms. The molecule has 4 rings (SSSR count). The molecular formula is C21H30N4O2. The molecule has 6 nitrogen and oxygen atoms in total. The predicted molar refractivity (Wildman–Crippen MR) is 104 cm³/mol. The molecule has 0 aromatic heterocycles. The lowest BCUT2D eigenvalue weighted by Crippen LogP contribution is -2.47. The van der Waals surface area contributed by atoms with E-state index >= 15 is 0 Å². The molecule has 1 atom stereocenters. The quantitative estimate of drug-likeness (QED) is 0.797. The highest BCUT2D eigenvalue weighted by molar-refractivity contribution is 5.85. The van der Waals surface area contributed by atoms with E-state index in [1.54, 1.807) is 4.90 Å². The third-order valence-corrected chi connectivity index (χ3v) is 5.94. The van der Waals surface area contributed by atoms with Crippen molar-refractivity contribution in [1.29, 1.82) is 0 Å². The third kappa shape index (κ3) is 4.26. The molecule has 1 aliphatic carbocycles.